The molecule has 1 aromatic rings. The molecular formula is C7H13N3. The summed E-state index contributed by atoms with van der Waals surface area (Å²) < 4.78 is 0. The highest BCUT2D eigenvalue weighted by Gasteiger charge is 2.11. The minimum Gasteiger partial charge on any atom is -0.331 e. The molecule has 0 bridgehead atoms. The number of rotatable bonds is 2. The number of aromatic amines is 1. The van der Waals surface area contributed by atoms with Crippen LogP contribution in [0.4, 0.5) is 0 Å². The highest BCUT2D eigenvalue weighted by molar-refractivity contribution is 4.91. The molecule has 1 unspecified atom stereocenters. The second kappa shape index (κ2) is 2.82. The van der Waals surface area contributed by atoms with Crippen molar-refractivity contribution in [2.24, 2.45) is 5.92 Å². The van der Waals surface area contributed by atoms with Crippen molar-refractivity contribution in [2.45, 2.75) is 26.7 Å². The van der Waals surface area contributed by atoms with E-state index in [1.165, 1.54) is 0 Å². The summed E-state index contributed by atoms with van der Waals surface area (Å²) in [7, 11) is 0. The minimum atomic E-state index is 0.475. The van der Waals surface area contributed by atoms with Gasteiger partial charge in [-0.1, -0.05) is 20.8 Å². The molecule has 1 rings (SSSR count). The van der Waals surface area contributed by atoms with Crippen molar-refractivity contribution in [3.63, 3.8) is 0 Å². The number of nitrogens with one attached hydrogen (secondary N) is 1. The van der Waals surface area contributed by atoms with Gasteiger partial charge in [-0.15, -0.1) is 10.2 Å². The highest BCUT2D eigenvalue weighted by Crippen LogP contribution is 2.18. The van der Waals surface area contributed by atoms with Crippen molar-refractivity contribution in [1.29, 1.82) is 0 Å². The molecule has 1 aromatic heterocycles. The second-order valence-electron chi connectivity index (χ2n) is 2.91. The van der Waals surface area contributed by atoms with E-state index in [9.17, 15) is 0 Å². The molecule has 1 heterocycles. The largest absolute Gasteiger partial charge is 0.331 e. The summed E-state index contributed by atoms with van der Waals surface area (Å²) in [6.07, 6.45) is 1.62. The number of hydrogen-bond acceptors (Lipinski definition) is 2. The lowest BCUT2D eigenvalue weighted by Crippen LogP contribution is -2.03. The number of nitrogens with zero attached hydrogens (tertiary/aromatic N) is 2. The van der Waals surface area contributed by atoms with Crippen LogP contribution < -0.4 is 0 Å². The molecule has 0 aliphatic rings. The van der Waals surface area contributed by atoms with E-state index in [4.69, 9.17) is 0 Å². The Labute approximate surface area is 60.9 Å². The molecule has 56 valence electrons. The average molecular weight is 139 g/mol. The molecule has 3 nitrogen and oxygen atoms in total. The van der Waals surface area contributed by atoms with Gasteiger partial charge >= 0.3 is 0 Å². The van der Waals surface area contributed by atoms with Crippen molar-refractivity contribution >= 4 is 0 Å². The Morgan fingerprint density at radius 1 is 1.40 bits per heavy atom. The molecule has 0 aliphatic carbocycles. The number of hydrogen-bond donors (Lipinski definition) is 1. The molecule has 0 saturated carbocycles. The first kappa shape index (κ1) is 7.25. The van der Waals surface area contributed by atoms with E-state index in [0.717, 1.165) is 5.82 Å². The SMILES string of the molecule is CC(C)C(C)c1nnc[nH]1. The third-order valence-electron chi connectivity index (χ3n) is 1.87. The highest BCUT2D eigenvalue weighted by atomic mass is 15.2. The van der Waals surface area contributed by atoms with Crippen LogP contribution in [0.3, 0.4) is 0 Å². The monoisotopic (exact) mass is 139 g/mol. The predicted molar refractivity (Wildman–Crippen MR) is 39.6 cm³/mol. The first-order valence-corrected chi connectivity index (χ1v) is 3.57. The quantitative estimate of drug-likeness (QED) is 0.675. The smallest absolute Gasteiger partial charge is 0.133 e. The van der Waals surface area contributed by atoms with Crippen LogP contribution in [0.15, 0.2) is 6.33 Å². The Morgan fingerprint density at radius 2 is 2.10 bits per heavy atom. The summed E-state index contributed by atoms with van der Waals surface area (Å²) in [5.41, 5.74) is 0. The Bertz CT molecular complexity index is 179. The van der Waals surface area contributed by atoms with Crippen LogP contribution in [0, 0.1) is 5.92 Å². The van der Waals surface area contributed by atoms with Gasteiger partial charge in [0.1, 0.15) is 12.2 Å². The average Bonchev–Trinajstić information content (AvgIpc) is 2.36. The topological polar surface area (TPSA) is 41.6 Å². The number of H-pyrrole nitrogens is 1. The van der Waals surface area contributed by atoms with Gasteiger partial charge in [-0.3, -0.25) is 0 Å². The van der Waals surface area contributed by atoms with Crippen molar-refractivity contribution in [2.75, 3.05) is 0 Å². The van der Waals surface area contributed by atoms with E-state index in [1.54, 1.807) is 6.33 Å². The molecule has 0 saturated heterocycles. The van der Waals surface area contributed by atoms with E-state index >= 15 is 0 Å². The molecule has 1 N–H and O–H groups in total. The summed E-state index contributed by atoms with van der Waals surface area (Å²) in [6, 6.07) is 0. The predicted octanol–water partition coefficient (Wildman–Crippen LogP) is 1.56. The summed E-state index contributed by atoms with van der Waals surface area (Å²) in [4.78, 5) is 3.00. The van der Waals surface area contributed by atoms with E-state index in [1.807, 2.05) is 0 Å². The van der Waals surface area contributed by atoms with Crippen LogP contribution in [-0.4, -0.2) is 15.2 Å². The van der Waals surface area contributed by atoms with Gasteiger partial charge in [-0.2, -0.15) is 0 Å². The first-order chi connectivity index (χ1) is 4.72. The van der Waals surface area contributed by atoms with Crippen molar-refractivity contribution in [1.82, 2.24) is 15.2 Å². The molecule has 0 radical (unpaired) electrons. The third kappa shape index (κ3) is 1.35. The molecule has 0 aliphatic heterocycles. The molecule has 10 heavy (non-hydrogen) atoms. The maximum Gasteiger partial charge on any atom is 0.133 e. The lowest BCUT2D eigenvalue weighted by atomic mass is 9.98. The van der Waals surface area contributed by atoms with Gasteiger partial charge < -0.3 is 4.98 Å². The maximum atomic E-state index is 3.93. The second-order valence-corrected chi connectivity index (χ2v) is 2.91. The van der Waals surface area contributed by atoms with Gasteiger partial charge in [0, 0.05) is 5.92 Å². The van der Waals surface area contributed by atoms with Gasteiger partial charge in [0.15, 0.2) is 0 Å². The fraction of sp³-hybridized carbons (Fsp3) is 0.714. The fourth-order valence-electron chi connectivity index (χ4n) is 0.753. The van der Waals surface area contributed by atoms with Gasteiger partial charge in [0.2, 0.25) is 0 Å². The van der Waals surface area contributed by atoms with Crippen LogP contribution in [-0.2, 0) is 0 Å². The summed E-state index contributed by atoms with van der Waals surface area (Å²) in [5, 5.41) is 7.65. The van der Waals surface area contributed by atoms with Gasteiger partial charge in [-0.05, 0) is 5.92 Å². The summed E-state index contributed by atoms with van der Waals surface area (Å²) in [6.45, 7) is 6.49. The van der Waals surface area contributed by atoms with Crippen molar-refractivity contribution < 1.29 is 0 Å². The standard InChI is InChI=1S/C7H13N3/c1-5(2)6(3)7-8-4-9-10-7/h4-6H,1-3H3,(H,8,9,10). The lowest BCUT2D eigenvalue weighted by Gasteiger charge is -2.10. The molecule has 1 atom stereocenters. The van der Waals surface area contributed by atoms with Crippen LogP contribution in [0.2, 0.25) is 0 Å². The van der Waals surface area contributed by atoms with Crippen molar-refractivity contribution in [3.8, 4) is 0 Å². The molecule has 0 spiro atoms. The Balaban J connectivity index is 2.68. The van der Waals surface area contributed by atoms with Gasteiger partial charge in [-0.25, -0.2) is 0 Å². The van der Waals surface area contributed by atoms with Crippen LogP contribution in [0.25, 0.3) is 0 Å². The minimum absolute atomic E-state index is 0.475. The normalized spacial score (nSPS) is 14.0. The maximum absolute atomic E-state index is 3.93. The zero-order valence-corrected chi connectivity index (χ0v) is 6.63. The summed E-state index contributed by atoms with van der Waals surface area (Å²) in [5.74, 6) is 2.07. The zero-order valence-electron chi connectivity index (χ0n) is 6.63. The molecule has 3 heteroatoms. The third-order valence-corrected chi connectivity index (χ3v) is 1.87. The molecule has 0 fully saturated rings. The van der Waals surface area contributed by atoms with Crippen LogP contribution in [0.5, 0.6) is 0 Å². The molecule has 0 aromatic carbocycles. The Kier molecular flexibility index (Phi) is 2.04. The van der Waals surface area contributed by atoms with Crippen LogP contribution >= 0.6 is 0 Å². The van der Waals surface area contributed by atoms with Crippen molar-refractivity contribution in [3.05, 3.63) is 12.2 Å². The Hall–Kier alpha value is -0.860. The van der Waals surface area contributed by atoms with E-state index in [2.05, 4.69) is 36.0 Å². The first-order valence-electron chi connectivity index (χ1n) is 3.57. The molecule has 0 amide bonds. The zero-order chi connectivity index (χ0) is 7.56. The lowest BCUT2D eigenvalue weighted by molar-refractivity contribution is 0.512. The Morgan fingerprint density at radius 3 is 2.50 bits per heavy atom. The van der Waals surface area contributed by atoms with Crippen LogP contribution in [0.1, 0.15) is 32.5 Å². The number of aromatic nitrogens is 3. The van der Waals surface area contributed by atoms with Gasteiger partial charge in [0.05, 0.1) is 0 Å². The molecular weight excluding hydrogens is 126 g/mol. The summed E-state index contributed by atoms with van der Waals surface area (Å²) >= 11 is 0. The van der Waals surface area contributed by atoms with E-state index < -0.39 is 0 Å². The van der Waals surface area contributed by atoms with E-state index in [-0.39, 0.29) is 0 Å². The van der Waals surface area contributed by atoms with E-state index in [0.29, 0.717) is 11.8 Å². The fourth-order valence-corrected chi connectivity index (χ4v) is 0.753. The van der Waals surface area contributed by atoms with Gasteiger partial charge in [0.25, 0.3) is 0 Å².